The number of rotatable bonds is 4. The van der Waals surface area contributed by atoms with Gasteiger partial charge in [0.15, 0.2) is 0 Å². The minimum atomic E-state index is -0.465. The Hall–Kier alpha value is -3.35. The van der Waals surface area contributed by atoms with Crippen molar-refractivity contribution in [3.63, 3.8) is 0 Å². The van der Waals surface area contributed by atoms with Crippen molar-refractivity contribution in [2.45, 2.75) is 0 Å². The van der Waals surface area contributed by atoms with E-state index in [0.29, 0.717) is 11.4 Å². The molecular formula is C15H11N5O2. The zero-order chi connectivity index (χ0) is 15.4. The zero-order valence-electron chi connectivity index (χ0n) is 11.4. The van der Waals surface area contributed by atoms with Crippen LogP contribution in [0.25, 0.3) is 11.0 Å². The Labute approximate surface area is 125 Å². The van der Waals surface area contributed by atoms with E-state index in [2.05, 4.69) is 20.5 Å². The lowest BCUT2D eigenvalue weighted by atomic mass is 10.3. The maximum absolute atomic E-state index is 10.9. The van der Waals surface area contributed by atoms with Gasteiger partial charge in [-0.05, 0) is 18.2 Å². The van der Waals surface area contributed by atoms with E-state index in [1.807, 2.05) is 24.3 Å². The number of hydrogen-bond donors (Lipinski definition) is 1. The number of nitrogens with one attached hydrogen (secondary N) is 1. The lowest BCUT2D eigenvalue weighted by Crippen LogP contribution is -1.97. The molecule has 0 fully saturated rings. The van der Waals surface area contributed by atoms with Crippen LogP contribution < -0.4 is 5.43 Å². The van der Waals surface area contributed by atoms with Gasteiger partial charge in [-0.3, -0.25) is 20.5 Å². The molecule has 0 spiro atoms. The Morgan fingerprint density at radius 2 is 1.82 bits per heavy atom. The summed E-state index contributed by atoms with van der Waals surface area (Å²) in [6.07, 6.45) is 3.06. The van der Waals surface area contributed by atoms with Gasteiger partial charge >= 0.3 is 0 Å². The van der Waals surface area contributed by atoms with Crippen LogP contribution in [0.1, 0.15) is 5.69 Å². The highest BCUT2D eigenvalue weighted by Crippen LogP contribution is 2.22. The van der Waals surface area contributed by atoms with E-state index in [1.54, 1.807) is 24.4 Å². The molecule has 3 aromatic rings. The fourth-order valence-corrected chi connectivity index (χ4v) is 1.93. The highest BCUT2D eigenvalue weighted by Gasteiger charge is 2.10. The third-order valence-corrected chi connectivity index (χ3v) is 2.95. The van der Waals surface area contributed by atoms with Crippen LogP contribution in [0.3, 0.4) is 0 Å². The van der Waals surface area contributed by atoms with Gasteiger partial charge in [0.25, 0.3) is 5.69 Å². The fourth-order valence-electron chi connectivity index (χ4n) is 1.93. The molecule has 0 aliphatic heterocycles. The number of hydrogen-bond acceptors (Lipinski definition) is 6. The second-order valence-corrected chi connectivity index (χ2v) is 4.43. The second kappa shape index (κ2) is 5.96. The Kier molecular flexibility index (Phi) is 3.69. The molecule has 7 nitrogen and oxygen atoms in total. The first-order valence-electron chi connectivity index (χ1n) is 6.48. The maximum Gasteiger partial charge on any atom is 0.294 e. The van der Waals surface area contributed by atoms with E-state index >= 15 is 0 Å². The van der Waals surface area contributed by atoms with Crippen molar-refractivity contribution in [1.82, 2.24) is 9.97 Å². The number of nitro benzene ring substituents is 1. The fraction of sp³-hybridized carbons (Fsp3) is 0. The van der Waals surface area contributed by atoms with Gasteiger partial charge in [0, 0.05) is 6.07 Å². The van der Waals surface area contributed by atoms with E-state index in [9.17, 15) is 10.1 Å². The summed E-state index contributed by atoms with van der Waals surface area (Å²) in [5.41, 5.74) is 5.05. The smallest absolute Gasteiger partial charge is 0.272 e. The van der Waals surface area contributed by atoms with Gasteiger partial charge in [-0.1, -0.05) is 24.3 Å². The highest BCUT2D eigenvalue weighted by molar-refractivity contribution is 5.82. The average molecular weight is 293 g/mol. The molecule has 0 saturated heterocycles. The van der Waals surface area contributed by atoms with Crippen molar-refractivity contribution in [3.05, 3.63) is 70.5 Å². The summed E-state index contributed by atoms with van der Waals surface area (Å²) in [6, 6.07) is 13.8. The Morgan fingerprint density at radius 1 is 1.09 bits per heavy atom. The summed E-state index contributed by atoms with van der Waals surface area (Å²) in [5.74, 6) is 0. The van der Waals surface area contributed by atoms with Crippen LogP contribution in [0, 0.1) is 10.1 Å². The van der Waals surface area contributed by atoms with Gasteiger partial charge in [-0.25, -0.2) is 4.98 Å². The number of benzene rings is 2. The van der Waals surface area contributed by atoms with Gasteiger partial charge in [-0.2, -0.15) is 5.10 Å². The molecule has 0 unspecified atom stereocenters. The van der Waals surface area contributed by atoms with Gasteiger partial charge < -0.3 is 0 Å². The van der Waals surface area contributed by atoms with Crippen LogP contribution in [0.2, 0.25) is 0 Å². The Bertz CT molecular complexity index is 863. The third kappa shape index (κ3) is 2.88. The number of para-hydroxylation sites is 4. The first kappa shape index (κ1) is 13.6. The van der Waals surface area contributed by atoms with Crippen molar-refractivity contribution in [2.24, 2.45) is 5.10 Å². The lowest BCUT2D eigenvalue weighted by Gasteiger charge is -2.01. The Balaban J connectivity index is 1.80. The molecule has 1 heterocycles. The normalized spacial score (nSPS) is 10.9. The van der Waals surface area contributed by atoms with Gasteiger partial charge in [-0.15, -0.1) is 0 Å². The number of nitrogens with zero attached hydrogens (tertiary/aromatic N) is 4. The van der Waals surface area contributed by atoms with Crippen molar-refractivity contribution >= 4 is 28.6 Å². The number of aromatic nitrogens is 2. The van der Waals surface area contributed by atoms with Crippen LogP contribution in [-0.2, 0) is 0 Å². The summed E-state index contributed by atoms with van der Waals surface area (Å²) in [5, 5.41) is 14.9. The molecule has 1 aromatic heterocycles. The van der Waals surface area contributed by atoms with E-state index in [0.717, 1.165) is 11.0 Å². The first-order valence-corrected chi connectivity index (χ1v) is 6.48. The third-order valence-electron chi connectivity index (χ3n) is 2.95. The van der Waals surface area contributed by atoms with Crippen molar-refractivity contribution < 1.29 is 4.92 Å². The molecule has 1 N–H and O–H groups in total. The molecule has 108 valence electrons. The van der Waals surface area contributed by atoms with Gasteiger partial charge in [0.05, 0.1) is 28.4 Å². The van der Waals surface area contributed by atoms with Crippen LogP contribution in [0.15, 0.2) is 59.8 Å². The van der Waals surface area contributed by atoms with Crippen LogP contribution >= 0.6 is 0 Å². The standard InChI is InChI=1S/C15H11N5O2/c21-20(22)15-8-4-3-7-14(15)19-17-10-11-9-16-12-5-1-2-6-13(12)18-11/h1-10,19H/b17-10-. The summed E-state index contributed by atoms with van der Waals surface area (Å²) < 4.78 is 0. The topological polar surface area (TPSA) is 93.3 Å². The molecule has 0 bridgehead atoms. The molecule has 0 saturated carbocycles. The molecule has 7 heteroatoms. The predicted octanol–water partition coefficient (Wildman–Crippen LogP) is 2.98. The molecular weight excluding hydrogens is 282 g/mol. The van der Waals surface area contributed by atoms with Crippen LogP contribution in [0.5, 0.6) is 0 Å². The molecule has 0 radical (unpaired) electrons. The van der Waals surface area contributed by atoms with Crippen molar-refractivity contribution in [3.8, 4) is 0 Å². The largest absolute Gasteiger partial charge is 0.294 e. The molecule has 0 atom stereocenters. The highest BCUT2D eigenvalue weighted by atomic mass is 16.6. The van der Waals surface area contributed by atoms with E-state index in [4.69, 9.17) is 0 Å². The van der Waals surface area contributed by atoms with Gasteiger partial charge in [0.1, 0.15) is 11.4 Å². The minimum absolute atomic E-state index is 0.0377. The number of nitro groups is 1. The number of hydrazone groups is 1. The second-order valence-electron chi connectivity index (χ2n) is 4.43. The molecule has 0 aliphatic rings. The summed E-state index contributed by atoms with van der Waals surface area (Å²) in [4.78, 5) is 19.1. The average Bonchev–Trinajstić information content (AvgIpc) is 2.55. The molecule has 22 heavy (non-hydrogen) atoms. The van der Waals surface area contributed by atoms with Crippen molar-refractivity contribution in [2.75, 3.05) is 5.43 Å². The van der Waals surface area contributed by atoms with E-state index in [-0.39, 0.29) is 5.69 Å². The van der Waals surface area contributed by atoms with Crippen LogP contribution in [0.4, 0.5) is 11.4 Å². The summed E-state index contributed by atoms with van der Waals surface area (Å²) >= 11 is 0. The summed E-state index contributed by atoms with van der Waals surface area (Å²) in [6.45, 7) is 0. The van der Waals surface area contributed by atoms with E-state index in [1.165, 1.54) is 12.3 Å². The SMILES string of the molecule is O=[N+]([O-])c1ccccc1N/N=C\c1cnc2ccccc2n1. The zero-order valence-corrected chi connectivity index (χ0v) is 11.4. The molecule has 0 amide bonds. The van der Waals surface area contributed by atoms with Crippen molar-refractivity contribution in [1.29, 1.82) is 0 Å². The summed E-state index contributed by atoms with van der Waals surface area (Å²) in [7, 11) is 0. The van der Waals surface area contributed by atoms with E-state index < -0.39 is 4.92 Å². The monoisotopic (exact) mass is 293 g/mol. The quantitative estimate of drug-likeness (QED) is 0.453. The maximum atomic E-state index is 10.9. The number of fused-ring (bicyclic) bond motifs is 1. The predicted molar refractivity (Wildman–Crippen MR) is 83.9 cm³/mol. The Morgan fingerprint density at radius 3 is 2.64 bits per heavy atom. The number of anilines is 1. The van der Waals surface area contributed by atoms with Crippen LogP contribution in [-0.4, -0.2) is 21.1 Å². The first-order chi connectivity index (χ1) is 10.7. The molecule has 3 rings (SSSR count). The van der Waals surface area contributed by atoms with Gasteiger partial charge in [0.2, 0.25) is 0 Å². The lowest BCUT2D eigenvalue weighted by molar-refractivity contribution is -0.384. The molecule has 2 aromatic carbocycles. The molecule has 0 aliphatic carbocycles. The minimum Gasteiger partial charge on any atom is -0.272 e.